The quantitative estimate of drug-likeness (QED) is 0.475. The Labute approximate surface area is 188 Å². The number of ketones is 1. The number of nitrogens with zero attached hydrogens (tertiary/aromatic N) is 2. The first-order chi connectivity index (χ1) is 15.3. The third-order valence-corrected chi connectivity index (χ3v) is 6.33. The molecular weight excluding hydrogens is 431 g/mol. The molecule has 1 fully saturated rings. The lowest BCUT2D eigenvalue weighted by Crippen LogP contribution is -2.39. The van der Waals surface area contributed by atoms with E-state index in [1.165, 1.54) is 42.0 Å². The predicted octanol–water partition coefficient (Wildman–Crippen LogP) is 3.90. The summed E-state index contributed by atoms with van der Waals surface area (Å²) in [5.74, 6) is 0.0960. The third kappa shape index (κ3) is 4.72. The first kappa shape index (κ1) is 21.8. The number of hydrogen-bond acceptors (Lipinski definition) is 7. The van der Waals surface area contributed by atoms with Crippen LogP contribution in [0.1, 0.15) is 35.0 Å². The van der Waals surface area contributed by atoms with Crippen LogP contribution in [-0.4, -0.2) is 29.3 Å². The molecule has 0 aliphatic heterocycles. The molecule has 9 heteroatoms. The highest BCUT2D eigenvalue weighted by atomic mass is 32.1. The lowest BCUT2D eigenvalue weighted by molar-refractivity contribution is -0.118. The number of ether oxygens (including phenoxy) is 1. The molecule has 1 saturated carbocycles. The number of benzene rings is 2. The highest BCUT2D eigenvalue weighted by Crippen LogP contribution is 2.36. The van der Waals surface area contributed by atoms with Crippen molar-refractivity contribution < 1.29 is 18.7 Å². The van der Waals surface area contributed by atoms with Gasteiger partial charge in [-0.2, -0.15) is 0 Å². The van der Waals surface area contributed by atoms with E-state index >= 15 is 0 Å². The van der Waals surface area contributed by atoms with E-state index in [4.69, 9.17) is 16.2 Å². The van der Waals surface area contributed by atoms with E-state index in [1.807, 2.05) is 0 Å². The van der Waals surface area contributed by atoms with Crippen LogP contribution >= 0.6 is 11.3 Å². The lowest BCUT2D eigenvalue weighted by atomic mass is 10.1. The van der Waals surface area contributed by atoms with Crippen LogP contribution in [0.15, 0.2) is 48.5 Å². The minimum Gasteiger partial charge on any atom is -0.493 e. The van der Waals surface area contributed by atoms with Crippen LogP contribution in [0.3, 0.4) is 0 Å². The van der Waals surface area contributed by atoms with Gasteiger partial charge in [0.15, 0.2) is 5.13 Å². The number of thiazole rings is 1. The van der Waals surface area contributed by atoms with Crippen LogP contribution in [0.5, 0.6) is 5.75 Å². The van der Waals surface area contributed by atoms with Gasteiger partial charge in [0.1, 0.15) is 28.3 Å². The monoisotopic (exact) mass is 454 g/mol. The minimum absolute atomic E-state index is 0.0489. The van der Waals surface area contributed by atoms with Crippen LogP contribution in [0.25, 0.3) is 0 Å². The van der Waals surface area contributed by atoms with Crippen molar-refractivity contribution >= 4 is 39.7 Å². The average molecular weight is 455 g/mol. The fourth-order valence-corrected chi connectivity index (χ4v) is 4.20. The maximum Gasteiger partial charge on any atom is 0.240 e. The van der Waals surface area contributed by atoms with Gasteiger partial charge in [0.05, 0.1) is 6.61 Å². The van der Waals surface area contributed by atoms with Crippen molar-refractivity contribution in [1.82, 2.24) is 4.98 Å². The molecule has 2 aromatic carbocycles. The van der Waals surface area contributed by atoms with Crippen molar-refractivity contribution in [1.29, 1.82) is 0 Å². The molecule has 1 amide bonds. The summed E-state index contributed by atoms with van der Waals surface area (Å²) >= 11 is 1.05. The van der Waals surface area contributed by atoms with Gasteiger partial charge >= 0.3 is 0 Å². The Bertz CT molecular complexity index is 1130. The molecule has 0 radical (unpaired) electrons. The van der Waals surface area contributed by atoms with Gasteiger partial charge in [-0.15, -0.1) is 0 Å². The zero-order valence-corrected chi connectivity index (χ0v) is 18.3. The highest BCUT2D eigenvalue weighted by molar-refractivity contribution is 7.18. The maximum absolute atomic E-state index is 13.4. The number of aromatic nitrogens is 1. The average Bonchev–Trinajstić information content (AvgIpc) is 3.54. The summed E-state index contributed by atoms with van der Waals surface area (Å²) in [4.78, 5) is 31.1. The fraction of sp³-hybridized carbons (Fsp3) is 0.261. The summed E-state index contributed by atoms with van der Waals surface area (Å²) < 4.78 is 19.1. The van der Waals surface area contributed by atoms with Gasteiger partial charge in [0.2, 0.25) is 11.7 Å². The topological polar surface area (TPSA) is 112 Å². The number of carbonyl (C=O) groups excluding carboxylic acids is 2. The molecule has 32 heavy (non-hydrogen) atoms. The van der Waals surface area contributed by atoms with Gasteiger partial charge in [0, 0.05) is 11.3 Å². The zero-order valence-electron chi connectivity index (χ0n) is 17.5. The van der Waals surface area contributed by atoms with Crippen LogP contribution < -0.4 is 21.1 Å². The van der Waals surface area contributed by atoms with Gasteiger partial charge in [-0.05, 0) is 74.2 Å². The number of halogens is 1. The zero-order chi connectivity index (χ0) is 22.8. The van der Waals surface area contributed by atoms with Crippen molar-refractivity contribution in [2.75, 3.05) is 17.2 Å². The number of nitrogen functional groups attached to an aromatic ring is 1. The molecule has 3 aromatic rings. The number of anilines is 3. The molecule has 0 saturated heterocycles. The molecule has 1 heterocycles. The molecule has 0 unspecified atom stereocenters. The number of rotatable bonds is 9. The molecule has 4 N–H and O–H groups in total. The second kappa shape index (κ2) is 8.96. The number of amides is 1. The number of hydrogen-bond donors (Lipinski definition) is 2. The summed E-state index contributed by atoms with van der Waals surface area (Å²) in [6.45, 7) is 2.29. The van der Waals surface area contributed by atoms with E-state index in [9.17, 15) is 14.0 Å². The Kier molecular flexibility index (Phi) is 6.09. The predicted molar refractivity (Wildman–Crippen MR) is 122 cm³/mol. The fourth-order valence-electron chi connectivity index (χ4n) is 3.15. The number of carbonyl (C=O) groups is 2. The largest absolute Gasteiger partial charge is 0.493 e. The van der Waals surface area contributed by atoms with Gasteiger partial charge in [-0.3, -0.25) is 9.59 Å². The van der Waals surface area contributed by atoms with Gasteiger partial charge in [0.25, 0.3) is 0 Å². The Morgan fingerprint density at radius 3 is 2.44 bits per heavy atom. The highest BCUT2D eigenvalue weighted by Gasteiger charge is 2.27. The Morgan fingerprint density at radius 1 is 1.19 bits per heavy atom. The summed E-state index contributed by atoms with van der Waals surface area (Å²) in [6.07, 6.45) is 2.40. The van der Waals surface area contributed by atoms with Gasteiger partial charge in [-0.25, -0.2) is 9.37 Å². The molecule has 4 rings (SSSR count). The van der Waals surface area contributed by atoms with Crippen LogP contribution in [0, 0.1) is 11.7 Å². The first-order valence-corrected chi connectivity index (χ1v) is 11.0. The third-order valence-electron chi connectivity index (χ3n) is 5.26. The molecule has 0 bridgehead atoms. The SMILES string of the molecule is C[C@H](C(N)=O)N(c1ccc(F)cc1)c1nc(N)c(C(=O)c2ccc(OCC3CC3)cc2)s1. The first-order valence-electron chi connectivity index (χ1n) is 10.2. The Morgan fingerprint density at radius 2 is 1.84 bits per heavy atom. The van der Waals surface area contributed by atoms with Crippen molar-refractivity contribution in [3.8, 4) is 5.75 Å². The normalized spacial score (nSPS) is 14.1. The van der Waals surface area contributed by atoms with Gasteiger partial charge in [-0.1, -0.05) is 11.3 Å². The molecule has 166 valence electrons. The Hall–Kier alpha value is -3.46. The van der Waals surface area contributed by atoms with E-state index in [1.54, 1.807) is 31.2 Å². The van der Waals surface area contributed by atoms with Crippen molar-refractivity contribution in [3.63, 3.8) is 0 Å². The molecule has 1 atom stereocenters. The van der Waals surface area contributed by atoms with E-state index < -0.39 is 17.8 Å². The molecule has 7 nitrogen and oxygen atoms in total. The summed E-state index contributed by atoms with van der Waals surface area (Å²) in [5, 5.41) is 0.313. The summed E-state index contributed by atoms with van der Waals surface area (Å²) in [5.41, 5.74) is 12.5. The summed E-state index contributed by atoms with van der Waals surface area (Å²) in [7, 11) is 0. The molecule has 1 aliphatic carbocycles. The molecule has 1 aromatic heterocycles. The number of nitrogens with two attached hydrogens (primary N) is 2. The van der Waals surface area contributed by atoms with E-state index in [-0.39, 0.29) is 16.5 Å². The van der Waals surface area contributed by atoms with Crippen LogP contribution in [0.4, 0.5) is 21.0 Å². The summed E-state index contributed by atoms with van der Waals surface area (Å²) in [6, 6.07) is 11.7. The lowest BCUT2D eigenvalue weighted by Gasteiger charge is -2.26. The molecular formula is C23H23FN4O3S. The van der Waals surface area contributed by atoms with Gasteiger partial charge < -0.3 is 21.1 Å². The van der Waals surface area contributed by atoms with Crippen LogP contribution in [-0.2, 0) is 4.79 Å². The maximum atomic E-state index is 13.4. The Balaban J connectivity index is 1.60. The standard InChI is InChI=1S/C23H23FN4O3S/c1-13(22(26)30)28(17-8-6-16(24)7-9-17)23-27-21(25)20(32-23)19(29)15-4-10-18(11-5-15)31-12-14-2-3-14/h4-11,13-14H,2-3,12,25H2,1H3,(H2,26,30)/t13-/m1/s1. The molecule has 1 aliphatic rings. The van der Waals surface area contributed by atoms with Crippen molar-refractivity contribution in [3.05, 3.63) is 64.8 Å². The molecule has 0 spiro atoms. The van der Waals surface area contributed by atoms with Crippen molar-refractivity contribution in [2.45, 2.75) is 25.8 Å². The minimum atomic E-state index is -0.795. The van der Waals surface area contributed by atoms with E-state index in [2.05, 4.69) is 4.98 Å². The van der Waals surface area contributed by atoms with E-state index in [0.29, 0.717) is 34.7 Å². The van der Waals surface area contributed by atoms with E-state index in [0.717, 1.165) is 11.3 Å². The van der Waals surface area contributed by atoms with Crippen LogP contribution in [0.2, 0.25) is 0 Å². The smallest absolute Gasteiger partial charge is 0.240 e. The number of primary amides is 1. The second-order valence-corrected chi connectivity index (χ2v) is 8.72. The second-order valence-electron chi connectivity index (χ2n) is 7.74. The van der Waals surface area contributed by atoms with Crippen molar-refractivity contribution in [2.24, 2.45) is 11.7 Å².